The molecule has 2 aromatic rings. The number of anilines is 3. The van der Waals surface area contributed by atoms with Crippen molar-refractivity contribution in [1.82, 2.24) is 5.32 Å². The lowest BCUT2D eigenvalue weighted by atomic mass is 9.86. The zero-order valence-corrected chi connectivity index (χ0v) is 14.6. The van der Waals surface area contributed by atoms with Crippen molar-refractivity contribution in [2.75, 3.05) is 17.2 Å². The Morgan fingerprint density at radius 2 is 1.69 bits per heavy atom. The summed E-state index contributed by atoms with van der Waals surface area (Å²) in [4.78, 5) is 11.4. The van der Waals surface area contributed by atoms with Gasteiger partial charge >= 0.3 is 0 Å². The Hall–Kier alpha value is -2.53. The number of carbonyl (C=O) groups excluding carboxylic acids is 1. The maximum atomic E-state index is 11.4. The number of benzene rings is 2. The lowest BCUT2D eigenvalue weighted by Crippen LogP contribution is -2.37. The molecule has 5 rings (SSSR count). The quantitative estimate of drug-likeness (QED) is 0.790. The molecule has 2 aromatic carbocycles. The van der Waals surface area contributed by atoms with Gasteiger partial charge in [0.1, 0.15) is 5.75 Å². The molecule has 3 heterocycles. The van der Waals surface area contributed by atoms with Gasteiger partial charge in [0, 0.05) is 29.5 Å². The number of ether oxygens (including phenoxy) is 1. The molecular weight excluding hydrogens is 326 g/mol. The number of hydrogen-bond donors (Lipinski definition) is 3. The molecule has 0 aliphatic carbocycles. The Balaban J connectivity index is 1.29. The number of carbonyl (C=O) groups is 1. The van der Waals surface area contributed by atoms with E-state index in [1.807, 2.05) is 18.2 Å². The minimum atomic E-state index is -0.111. The normalized spacial score (nSPS) is 26.6. The Bertz CT molecular complexity index is 822. The second-order valence-electron chi connectivity index (χ2n) is 7.60. The summed E-state index contributed by atoms with van der Waals surface area (Å²) < 4.78 is 5.48. The van der Waals surface area contributed by atoms with E-state index in [-0.39, 0.29) is 12.5 Å². The fraction of sp³-hybridized carbons (Fsp3) is 0.381. The summed E-state index contributed by atoms with van der Waals surface area (Å²) in [5.74, 6) is 1.28. The molecule has 5 nitrogen and oxygen atoms in total. The van der Waals surface area contributed by atoms with Gasteiger partial charge in [-0.1, -0.05) is 12.1 Å². The van der Waals surface area contributed by atoms with Gasteiger partial charge in [-0.3, -0.25) is 4.79 Å². The standard InChI is InChI=1S/C21H23N3O2/c25-21-12-26-20-11-18(7-8-19(20)24-21)22-15-3-1-13(2-4-15)14-9-16-5-6-17(10-14)23-16/h1-4,7-8,11,14,16-17,22-23H,5-6,9-10,12H2,(H,24,25)/t14?,16-,17+. The maximum Gasteiger partial charge on any atom is 0.262 e. The summed E-state index contributed by atoms with van der Waals surface area (Å²) in [6.07, 6.45) is 5.19. The van der Waals surface area contributed by atoms with E-state index >= 15 is 0 Å². The highest BCUT2D eigenvalue weighted by atomic mass is 16.5. The van der Waals surface area contributed by atoms with Crippen molar-refractivity contribution in [2.45, 2.75) is 43.7 Å². The molecule has 1 unspecified atom stereocenters. The SMILES string of the molecule is O=C1COc2cc(Nc3ccc(C4C[C@H]5CC[C@@H](C4)N5)cc3)ccc2N1. The molecule has 1 amide bonds. The number of rotatable bonds is 3. The van der Waals surface area contributed by atoms with Gasteiger partial charge in [0.25, 0.3) is 5.91 Å². The molecule has 3 aliphatic rings. The van der Waals surface area contributed by atoms with Gasteiger partial charge in [-0.25, -0.2) is 0 Å². The monoisotopic (exact) mass is 349 g/mol. The van der Waals surface area contributed by atoms with Crippen molar-refractivity contribution in [1.29, 1.82) is 0 Å². The Morgan fingerprint density at radius 3 is 2.46 bits per heavy atom. The average molecular weight is 349 g/mol. The summed E-state index contributed by atoms with van der Waals surface area (Å²) >= 11 is 0. The highest BCUT2D eigenvalue weighted by molar-refractivity contribution is 5.95. The van der Waals surface area contributed by atoms with E-state index in [0.717, 1.165) is 17.1 Å². The third-order valence-electron chi connectivity index (χ3n) is 5.76. The zero-order valence-electron chi connectivity index (χ0n) is 14.6. The minimum absolute atomic E-state index is 0.0728. The van der Waals surface area contributed by atoms with Gasteiger partial charge in [0.05, 0.1) is 5.69 Å². The van der Waals surface area contributed by atoms with E-state index in [1.54, 1.807) is 0 Å². The van der Waals surface area contributed by atoms with Crippen LogP contribution in [0.3, 0.4) is 0 Å². The third kappa shape index (κ3) is 3.03. The van der Waals surface area contributed by atoms with Crippen LogP contribution in [0.2, 0.25) is 0 Å². The van der Waals surface area contributed by atoms with Gasteiger partial charge in [-0.2, -0.15) is 0 Å². The van der Waals surface area contributed by atoms with Crippen LogP contribution < -0.4 is 20.7 Å². The van der Waals surface area contributed by atoms with Gasteiger partial charge in [0.2, 0.25) is 0 Å². The first-order valence-corrected chi connectivity index (χ1v) is 9.43. The van der Waals surface area contributed by atoms with Crippen molar-refractivity contribution in [3.8, 4) is 5.75 Å². The summed E-state index contributed by atoms with van der Waals surface area (Å²) in [6, 6.07) is 16.0. The van der Waals surface area contributed by atoms with Crippen LogP contribution in [0.5, 0.6) is 5.75 Å². The van der Waals surface area contributed by atoms with Crippen molar-refractivity contribution in [3.05, 3.63) is 48.0 Å². The van der Waals surface area contributed by atoms with E-state index in [9.17, 15) is 4.79 Å². The lowest BCUT2D eigenvalue weighted by molar-refractivity contribution is -0.118. The Labute approximate surface area is 153 Å². The minimum Gasteiger partial charge on any atom is -0.482 e. The van der Waals surface area contributed by atoms with Crippen molar-refractivity contribution < 1.29 is 9.53 Å². The first-order chi connectivity index (χ1) is 12.7. The van der Waals surface area contributed by atoms with E-state index in [4.69, 9.17) is 4.74 Å². The molecule has 2 bridgehead atoms. The molecule has 5 heteroatoms. The number of hydrogen-bond acceptors (Lipinski definition) is 4. The predicted octanol–water partition coefficient (Wildman–Crippen LogP) is 3.76. The Morgan fingerprint density at radius 1 is 0.962 bits per heavy atom. The van der Waals surface area contributed by atoms with Crippen LogP contribution in [0.25, 0.3) is 0 Å². The molecule has 3 atom stereocenters. The molecule has 134 valence electrons. The lowest BCUT2D eigenvalue weighted by Gasteiger charge is -2.29. The van der Waals surface area contributed by atoms with Crippen LogP contribution in [-0.4, -0.2) is 24.6 Å². The van der Waals surface area contributed by atoms with Crippen LogP contribution in [-0.2, 0) is 4.79 Å². The molecule has 3 aliphatic heterocycles. The van der Waals surface area contributed by atoms with Gasteiger partial charge in [-0.15, -0.1) is 0 Å². The van der Waals surface area contributed by atoms with Crippen molar-refractivity contribution >= 4 is 23.0 Å². The number of nitrogens with one attached hydrogen (secondary N) is 3. The smallest absolute Gasteiger partial charge is 0.262 e. The van der Waals surface area contributed by atoms with Crippen molar-refractivity contribution in [2.24, 2.45) is 0 Å². The van der Waals surface area contributed by atoms with E-state index in [2.05, 4.69) is 40.2 Å². The van der Waals surface area contributed by atoms with E-state index < -0.39 is 0 Å². The second kappa shape index (κ2) is 6.32. The molecule has 0 saturated carbocycles. The van der Waals surface area contributed by atoms with Crippen LogP contribution in [0.4, 0.5) is 17.1 Å². The third-order valence-corrected chi connectivity index (χ3v) is 5.76. The summed E-state index contributed by atoms with van der Waals surface area (Å²) in [5, 5.41) is 9.94. The summed E-state index contributed by atoms with van der Waals surface area (Å²) in [5.41, 5.74) is 4.19. The van der Waals surface area contributed by atoms with Crippen molar-refractivity contribution in [3.63, 3.8) is 0 Å². The zero-order chi connectivity index (χ0) is 17.5. The van der Waals surface area contributed by atoms with Crippen LogP contribution >= 0.6 is 0 Å². The molecule has 2 fully saturated rings. The van der Waals surface area contributed by atoms with Crippen LogP contribution in [0.15, 0.2) is 42.5 Å². The number of piperidine rings is 1. The predicted molar refractivity (Wildman–Crippen MR) is 102 cm³/mol. The van der Waals surface area contributed by atoms with Gasteiger partial charge in [-0.05, 0) is 61.4 Å². The Kier molecular flexibility index (Phi) is 3.82. The first-order valence-electron chi connectivity index (χ1n) is 9.43. The van der Waals surface area contributed by atoms with Crippen LogP contribution in [0, 0.1) is 0 Å². The van der Waals surface area contributed by atoms with Gasteiger partial charge < -0.3 is 20.7 Å². The molecule has 3 N–H and O–H groups in total. The fourth-order valence-corrected chi connectivity index (χ4v) is 4.49. The molecule has 26 heavy (non-hydrogen) atoms. The largest absolute Gasteiger partial charge is 0.482 e. The van der Waals surface area contributed by atoms with E-state index in [1.165, 1.54) is 31.2 Å². The maximum absolute atomic E-state index is 11.4. The van der Waals surface area contributed by atoms with Crippen LogP contribution in [0.1, 0.15) is 37.2 Å². The number of fused-ring (bicyclic) bond motifs is 3. The first kappa shape index (κ1) is 15.7. The molecule has 0 spiro atoms. The molecular formula is C21H23N3O2. The van der Waals surface area contributed by atoms with Gasteiger partial charge in [0.15, 0.2) is 6.61 Å². The molecule has 0 radical (unpaired) electrons. The molecule has 0 aromatic heterocycles. The topological polar surface area (TPSA) is 62.4 Å². The summed E-state index contributed by atoms with van der Waals surface area (Å²) in [7, 11) is 0. The van der Waals surface area contributed by atoms with E-state index in [0.29, 0.717) is 23.8 Å². The highest BCUT2D eigenvalue weighted by Crippen LogP contribution is 2.38. The highest BCUT2D eigenvalue weighted by Gasteiger charge is 2.33. The fourth-order valence-electron chi connectivity index (χ4n) is 4.49. The molecule has 2 saturated heterocycles. The number of amides is 1. The second-order valence-corrected chi connectivity index (χ2v) is 7.60. The average Bonchev–Trinajstić information content (AvgIpc) is 3.00. The summed E-state index contributed by atoms with van der Waals surface area (Å²) in [6.45, 7) is 0.0728.